The molecule has 118 valence electrons. The molecule has 0 amide bonds. The number of benzene rings is 1. The van der Waals surface area contributed by atoms with Gasteiger partial charge in [-0.3, -0.25) is 4.90 Å². The van der Waals surface area contributed by atoms with E-state index in [1.807, 2.05) is 12.4 Å². The third kappa shape index (κ3) is 3.14. The number of nitrogens with one attached hydrogen (secondary N) is 1. The minimum absolute atomic E-state index is 0.945. The van der Waals surface area contributed by atoms with E-state index in [-0.39, 0.29) is 0 Å². The molecule has 0 bridgehead atoms. The number of H-pyrrole nitrogens is 1. The standard InChI is InChI=1S/C19H22N4/c1-22-8-10-23(11-9-22)14-15-2-4-16(5-3-15)18-12-17-6-7-20-19(17)21-13-18/h2-7,12-13H,8-11,14H2,1H3,(H,20,21). The molecule has 4 heteroatoms. The molecule has 1 aromatic carbocycles. The summed E-state index contributed by atoms with van der Waals surface area (Å²) in [6.07, 6.45) is 3.87. The lowest BCUT2D eigenvalue weighted by Gasteiger charge is -2.32. The number of likely N-dealkylation sites (N-methyl/N-ethyl adjacent to an activating group) is 1. The highest BCUT2D eigenvalue weighted by atomic mass is 15.2. The Morgan fingerprint density at radius 2 is 1.78 bits per heavy atom. The number of piperazine rings is 1. The maximum absolute atomic E-state index is 4.47. The zero-order valence-electron chi connectivity index (χ0n) is 13.5. The van der Waals surface area contributed by atoms with Gasteiger partial charge in [0.15, 0.2) is 0 Å². The Balaban J connectivity index is 1.49. The predicted molar refractivity (Wildman–Crippen MR) is 94.3 cm³/mol. The monoisotopic (exact) mass is 306 g/mol. The zero-order chi connectivity index (χ0) is 15.6. The molecule has 1 aliphatic rings. The molecule has 3 heterocycles. The van der Waals surface area contributed by atoms with E-state index >= 15 is 0 Å². The van der Waals surface area contributed by atoms with E-state index in [0.29, 0.717) is 0 Å². The molecule has 0 saturated carbocycles. The molecule has 3 aromatic rings. The molecular weight excluding hydrogens is 284 g/mol. The minimum atomic E-state index is 0.945. The molecule has 0 radical (unpaired) electrons. The Bertz CT molecular complexity index is 782. The molecule has 1 saturated heterocycles. The van der Waals surface area contributed by atoms with Gasteiger partial charge in [-0.25, -0.2) is 4.98 Å². The van der Waals surface area contributed by atoms with Gasteiger partial charge in [-0.1, -0.05) is 24.3 Å². The number of pyridine rings is 1. The fourth-order valence-electron chi connectivity index (χ4n) is 3.16. The molecule has 4 nitrogen and oxygen atoms in total. The van der Waals surface area contributed by atoms with E-state index in [1.54, 1.807) is 0 Å². The number of aromatic amines is 1. The summed E-state index contributed by atoms with van der Waals surface area (Å²) < 4.78 is 0. The maximum Gasteiger partial charge on any atom is 0.137 e. The minimum Gasteiger partial charge on any atom is -0.346 e. The van der Waals surface area contributed by atoms with Crippen molar-refractivity contribution < 1.29 is 0 Å². The van der Waals surface area contributed by atoms with Crippen LogP contribution in [-0.4, -0.2) is 53.0 Å². The first kappa shape index (κ1) is 14.4. The van der Waals surface area contributed by atoms with Crippen molar-refractivity contribution in [1.82, 2.24) is 19.8 Å². The Morgan fingerprint density at radius 1 is 1.00 bits per heavy atom. The summed E-state index contributed by atoms with van der Waals surface area (Å²) in [5.74, 6) is 0. The lowest BCUT2D eigenvalue weighted by atomic mass is 10.0. The van der Waals surface area contributed by atoms with Gasteiger partial charge in [-0.15, -0.1) is 0 Å². The van der Waals surface area contributed by atoms with Gasteiger partial charge in [-0.05, 0) is 30.3 Å². The van der Waals surface area contributed by atoms with E-state index < -0.39 is 0 Å². The number of hydrogen-bond acceptors (Lipinski definition) is 3. The Kier molecular flexibility index (Phi) is 3.85. The van der Waals surface area contributed by atoms with Crippen LogP contribution in [0.5, 0.6) is 0 Å². The summed E-state index contributed by atoms with van der Waals surface area (Å²) >= 11 is 0. The van der Waals surface area contributed by atoms with Crippen molar-refractivity contribution >= 4 is 11.0 Å². The summed E-state index contributed by atoms with van der Waals surface area (Å²) in [5.41, 5.74) is 4.72. The quantitative estimate of drug-likeness (QED) is 0.808. The van der Waals surface area contributed by atoms with Gasteiger partial charge in [0.05, 0.1) is 0 Å². The van der Waals surface area contributed by atoms with Gasteiger partial charge in [0, 0.05) is 56.1 Å². The first-order chi connectivity index (χ1) is 11.3. The van der Waals surface area contributed by atoms with E-state index in [4.69, 9.17) is 0 Å². The van der Waals surface area contributed by atoms with Crippen molar-refractivity contribution in [3.8, 4) is 11.1 Å². The second kappa shape index (κ2) is 6.14. The Labute approximate surface area is 136 Å². The second-order valence-electron chi connectivity index (χ2n) is 6.42. The molecular formula is C19H22N4. The molecule has 0 spiro atoms. The largest absolute Gasteiger partial charge is 0.346 e. The highest BCUT2D eigenvalue weighted by Gasteiger charge is 2.13. The van der Waals surface area contributed by atoms with Gasteiger partial charge < -0.3 is 9.88 Å². The van der Waals surface area contributed by atoms with Crippen molar-refractivity contribution in [3.63, 3.8) is 0 Å². The SMILES string of the molecule is CN1CCN(Cc2ccc(-c3cnc4[nH]ccc4c3)cc2)CC1. The summed E-state index contributed by atoms with van der Waals surface area (Å²) in [4.78, 5) is 12.5. The molecule has 1 aliphatic heterocycles. The highest BCUT2D eigenvalue weighted by molar-refractivity contribution is 5.81. The molecule has 1 N–H and O–H groups in total. The van der Waals surface area contributed by atoms with Gasteiger partial charge in [0.25, 0.3) is 0 Å². The van der Waals surface area contributed by atoms with Crippen molar-refractivity contribution in [2.75, 3.05) is 33.2 Å². The van der Waals surface area contributed by atoms with Crippen LogP contribution in [-0.2, 0) is 6.54 Å². The van der Waals surface area contributed by atoms with E-state index in [2.05, 4.69) is 63.2 Å². The number of hydrogen-bond donors (Lipinski definition) is 1. The molecule has 0 aliphatic carbocycles. The average Bonchev–Trinajstić information content (AvgIpc) is 3.05. The fourth-order valence-corrected chi connectivity index (χ4v) is 3.16. The molecule has 0 unspecified atom stereocenters. The predicted octanol–water partition coefficient (Wildman–Crippen LogP) is 2.98. The Hall–Kier alpha value is -2.17. The van der Waals surface area contributed by atoms with Gasteiger partial charge in [0.1, 0.15) is 5.65 Å². The van der Waals surface area contributed by atoms with Crippen LogP contribution < -0.4 is 0 Å². The lowest BCUT2D eigenvalue weighted by molar-refractivity contribution is 0.148. The van der Waals surface area contributed by atoms with Crippen LogP contribution in [0.15, 0.2) is 48.8 Å². The van der Waals surface area contributed by atoms with E-state index in [0.717, 1.165) is 30.7 Å². The van der Waals surface area contributed by atoms with Crippen molar-refractivity contribution in [1.29, 1.82) is 0 Å². The molecule has 0 atom stereocenters. The van der Waals surface area contributed by atoms with Crippen molar-refractivity contribution in [2.45, 2.75) is 6.54 Å². The van der Waals surface area contributed by atoms with Crippen LogP contribution in [0, 0.1) is 0 Å². The first-order valence-corrected chi connectivity index (χ1v) is 8.21. The number of aromatic nitrogens is 2. The number of nitrogens with zero attached hydrogens (tertiary/aromatic N) is 3. The zero-order valence-corrected chi connectivity index (χ0v) is 13.5. The van der Waals surface area contributed by atoms with E-state index in [1.165, 1.54) is 29.8 Å². The lowest BCUT2D eigenvalue weighted by Crippen LogP contribution is -2.43. The van der Waals surface area contributed by atoms with Crippen molar-refractivity contribution in [2.24, 2.45) is 0 Å². The van der Waals surface area contributed by atoms with Crippen LogP contribution in [0.25, 0.3) is 22.2 Å². The van der Waals surface area contributed by atoms with Crippen LogP contribution in [0.1, 0.15) is 5.56 Å². The number of fused-ring (bicyclic) bond motifs is 1. The molecule has 23 heavy (non-hydrogen) atoms. The third-order valence-corrected chi connectivity index (χ3v) is 4.69. The first-order valence-electron chi connectivity index (χ1n) is 8.21. The van der Waals surface area contributed by atoms with Crippen LogP contribution in [0.3, 0.4) is 0 Å². The third-order valence-electron chi connectivity index (χ3n) is 4.69. The maximum atomic E-state index is 4.47. The van der Waals surface area contributed by atoms with Gasteiger partial charge in [0.2, 0.25) is 0 Å². The van der Waals surface area contributed by atoms with Crippen LogP contribution >= 0.6 is 0 Å². The normalized spacial score (nSPS) is 16.9. The van der Waals surface area contributed by atoms with Gasteiger partial charge >= 0.3 is 0 Å². The highest BCUT2D eigenvalue weighted by Crippen LogP contribution is 2.23. The molecule has 4 rings (SSSR count). The summed E-state index contributed by atoms with van der Waals surface area (Å²) in [6, 6.07) is 13.2. The summed E-state index contributed by atoms with van der Waals surface area (Å²) in [6.45, 7) is 5.70. The fraction of sp³-hybridized carbons (Fsp3) is 0.316. The van der Waals surface area contributed by atoms with Crippen LogP contribution in [0.4, 0.5) is 0 Å². The summed E-state index contributed by atoms with van der Waals surface area (Å²) in [5, 5.41) is 1.16. The molecule has 1 fully saturated rings. The average molecular weight is 306 g/mol. The van der Waals surface area contributed by atoms with E-state index in [9.17, 15) is 0 Å². The number of rotatable bonds is 3. The smallest absolute Gasteiger partial charge is 0.137 e. The second-order valence-corrected chi connectivity index (χ2v) is 6.42. The summed E-state index contributed by atoms with van der Waals surface area (Å²) in [7, 11) is 2.20. The Morgan fingerprint density at radius 3 is 2.57 bits per heavy atom. The molecule has 2 aromatic heterocycles. The topological polar surface area (TPSA) is 35.2 Å². The van der Waals surface area contributed by atoms with Gasteiger partial charge in [-0.2, -0.15) is 0 Å². The van der Waals surface area contributed by atoms with Crippen molar-refractivity contribution in [3.05, 3.63) is 54.4 Å². The van der Waals surface area contributed by atoms with Crippen LogP contribution in [0.2, 0.25) is 0 Å².